The van der Waals surface area contributed by atoms with E-state index >= 15 is 0 Å². The Morgan fingerprint density at radius 3 is 2.57 bits per heavy atom. The Labute approximate surface area is 216 Å². The van der Waals surface area contributed by atoms with E-state index in [-0.39, 0.29) is 23.6 Å². The number of nitrogens with zero attached hydrogens (tertiary/aromatic N) is 7. The minimum atomic E-state index is -3.04. The van der Waals surface area contributed by atoms with Gasteiger partial charge in [0.15, 0.2) is 5.82 Å². The standard InChI is InChI=1S/C26H31N7O3S/c1-15(2)26-30-24(32-13-18(17(32)4)14-37(6,34)35)10-25(31-26)33-22-9-21(29-16(3)19(22)12-28-33)20-11-27-8-7-23(20)36-5/h7-12,15,17-18H,13-14H2,1-6H3/t17-,18-/m1/s1. The van der Waals surface area contributed by atoms with Crippen molar-refractivity contribution in [3.05, 3.63) is 48.3 Å². The van der Waals surface area contributed by atoms with E-state index in [2.05, 4.69) is 28.8 Å². The first-order chi connectivity index (χ1) is 17.6. The van der Waals surface area contributed by atoms with Crippen LogP contribution in [0.2, 0.25) is 0 Å². The maximum atomic E-state index is 11.8. The fraction of sp³-hybridized carbons (Fsp3) is 0.423. The molecule has 5 rings (SSSR count). The Morgan fingerprint density at radius 2 is 1.89 bits per heavy atom. The molecule has 1 aliphatic rings. The van der Waals surface area contributed by atoms with Gasteiger partial charge in [0.2, 0.25) is 0 Å². The lowest BCUT2D eigenvalue weighted by atomic mass is 9.92. The Morgan fingerprint density at radius 1 is 1.14 bits per heavy atom. The summed E-state index contributed by atoms with van der Waals surface area (Å²) in [6.45, 7) is 8.74. The fourth-order valence-electron chi connectivity index (χ4n) is 4.78. The van der Waals surface area contributed by atoms with Crippen LogP contribution in [0.1, 0.15) is 38.2 Å². The summed E-state index contributed by atoms with van der Waals surface area (Å²) in [6.07, 6.45) is 6.51. The van der Waals surface area contributed by atoms with E-state index in [1.807, 2.05) is 36.7 Å². The number of fused-ring (bicyclic) bond motifs is 1. The molecule has 4 aromatic heterocycles. The molecule has 5 heterocycles. The summed E-state index contributed by atoms with van der Waals surface area (Å²) in [7, 11) is -1.41. The lowest BCUT2D eigenvalue weighted by Crippen LogP contribution is -2.57. The number of hydrogen-bond acceptors (Lipinski definition) is 9. The van der Waals surface area contributed by atoms with E-state index in [0.717, 1.165) is 33.7 Å². The third-order valence-electron chi connectivity index (χ3n) is 6.90. The molecule has 11 heteroatoms. The van der Waals surface area contributed by atoms with Gasteiger partial charge in [0.25, 0.3) is 0 Å². The zero-order valence-corrected chi connectivity index (χ0v) is 22.7. The number of pyridine rings is 2. The quantitative estimate of drug-likeness (QED) is 0.360. The van der Waals surface area contributed by atoms with Gasteiger partial charge in [-0.1, -0.05) is 13.8 Å². The fourth-order valence-corrected chi connectivity index (χ4v) is 5.94. The SMILES string of the molecule is COc1ccncc1-c1cc2c(cnn2-c2cc(N3C[C@H](CS(C)(=O)=O)[C@H]3C)nc(C(C)C)n2)c(C)n1. The highest BCUT2D eigenvalue weighted by atomic mass is 32.2. The van der Waals surface area contributed by atoms with Gasteiger partial charge in [0.1, 0.15) is 27.2 Å². The number of ether oxygens (including phenoxy) is 1. The Kier molecular flexibility index (Phi) is 6.35. The van der Waals surface area contributed by atoms with Crippen LogP contribution in [0.15, 0.2) is 36.8 Å². The van der Waals surface area contributed by atoms with E-state index in [0.29, 0.717) is 23.9 Å². The molecule has 37 heavy (non-hydrogen) atoms. The highest BCUT2D eigenvalue weighted by molar-refractivity contribution is 7.90. The molecule has 0 unspecified atom stereocenters. The second-order valence-electron chi connectivity index (χ2n) is 10.0. The normalized spacial score (nSPS) is 17.9. The van der Waals surface area contributed by atoms with E-state index in [9.17, 15) is 8.42 Å². The van der Waals surface area contributed by atoms with E-state index in [1.165, 1.54) is 6.26 Å². The molecule has 0 saturated carbocycles. The maximum absolute atomic E-state index is 11.8. The Bertz CT molecular complexity index is 1580. The van der Waals surface area contributed by atoms with E-state index < -0.39 is 9.84 Å². The van der Waals surface area contributed by atoms with Crippen LogP contribution in [0.3, 0.4) is 0 Å². The molecule has 1 saturated heterocycles. The molecule has 1 aliphatic heterocycles. The van der Waals surface area contributed by atoms with Crippen LogP contribution in [-0.2, 0) is 9.84 Å². The van der Waals surface area contributed by atoms with Gasteiger partial charge in [-0.3, -0.25) is 9.97 Å². The first-order valence-electron chi connectivity index (χ1n) is 12.2. The molecule has 194 valence electrons. The molecule has 0 N–H and O–H groups in total. The van der Waals surface area contributed by atoms with Crippen molar-refractivity contribution in [2.45, 2.75) is 39.7 Å². The third-order valence-corrected chi connectivity index (χ3v) is 7.93. The predicted octanol–water partition coefficient (Wildman–Crippen LogP) is 3.58. The van der Waals surface area contributed by atoms with Crippen molar-refractivity contribution in [3.8, 4) is 22.8 Å². The summed E-state index contributed by atoms with van der Waals surface area (Å²) >= 11 is 0. The van der Waals surface area contributed by atoms with Crippen LogP contribution in [0.5, 0.6) is 5.75 Å². The number of hydrogen-bond donors (Lipinski definition) is 0. The highest BCUT2D eigenvalue weighted by Crippen LogP contribution is 2.34. The van der Waals surface area contributed by atoms with Crippen molar-refractivity contribution in [2.24, 2.45) is 5.92 Å². The summed E-state index contributed by atoms with van der Waals surface area (Å²) in [5.41, 5.74) is 3.22. The lowest BCUT2D eigenvalue weighted by Gasteiger charge is -2.47. The maximum Gasteiger partial charge on any atom is 0.159 e. The largest absolute Gasteiger partial charge is 0.496 e. The number of aromatic nitrogens is 6. The first kappa shape index (κ1) is 25.1. The van der Waals surface area contributed by atoms with Crippen molar-refractivity contribution in [1.82, 2.24) is 29.7 Å². The van der Waals surface area contributed by atoms with Crippen LogP contribution < -0.4 is 9.64 Å². The van der Waals surface area contributed by atoms with Crippen LogP contribution >= 0.6 is 0 Å². The zero-order valence-electron chi connectivity index (χ0n) is 21.9. The van der Waals surface area contributed by atoms with Gasteiger partial charge in [-0.25, -0.2) is 23.1 Å². The molecule has 0 radical (unpaired) electrons. The van der Waals surface area contributed by atoms with Crippen molar-refractivity contribution in [2.75, 3.05) is 30.6 Å². The average molecular weight is 522 g/mol. The molecule has 4 aromatic rings. The third kappa shape index (κ3) is 4.75. The zero-order chi connectivity index (χ0) is 26.5. The van der Waals surface area contributed by atoms with Gasteiger partial charge >= 0.3 is 0 Å². The number of sulfone groups is 1. The van der Waals surface area contributed by atoms with Crippen LogP contribution in [0, 0.1) is 12.8 Å². The van der Waals surface area contributed by atoms with E-state index in [1.54, 1.807) is 25.7 Å². The Hall–Kier alpha value is -3.60. The van der Waals surface area contributed by atoms with Gasteiger partial charge in [-0.05, 0) is 26.0 Å². The predicted molar refractivity (Wildman–Crippen MR) is 143 cm³/mol. The van der Waals surface area contributed by atoms with Crippen molar-refractivity contribution < 1.29 is 13.2 Å². The molecule has 2 atom stereocenters. The van der Waals surface area contributed by atoms with Gasteiger partial charge in [-0.2, -0.15) is 5.10 Å². The molecule has 0 spiro atoms. The molecule has 0 amide bonds. The summed E-state index contributed by atoms with van der Waals surface area (Å²) in [6, 6.07) is 5.76. The van der Waals surface area contributed by atoms with Crippen molar-refractivity contribution in [1.29, 1.82) is 0 Å². The first-order valence-corrected chi connectivity index (χ1v) is 14.3. The van der Waals surface area contributed by atoms with Crippen LogP contribution in [0.4, 0.5) is 5.82 Å². The molecule has 1 fully saturated rings. The minimum absolute atomic E-state index is 0.0583. The number of rotatable bonds is 7. The van der Waals surface area contributed by atoms with Gasteiger partial charge in [0.05, 0.1) is 35.8 Å². The van der Waals surface area contributed by atoms with Gasteiger partial charge in [0, 0.05) is 60.2 Å². The van der Waals surface area contributed by atoms with Gasteiger partial charge < -0.3 is 9.64 Å². The summed E-state index contributed by atoms with van der Waals surface area (Å²) in [5.74, 6) is 3.17. The molecule has 0 aliphatic carbocycles. The summed E-state index contributed by atoms with van der Waals surface area (Å²) in [4.78, 5) is 20.8. The van der Waals surface area contributed by atoms with Crippen LogP contribution in [0.25, 0.3) is 28.0 Å². The molecule has 0 bridgehead atoms. The summed E-state index contributed by atoms with van der Waals surface area (Å²) in [5, 5.41) is 5.59. The minimum Gasteiger partial charge on any atom is -0.496 e. The van der Waals surface area contributed by atoms with Crippen LogP contribution in [-0.4, -0.2) is 69.8 Å². The topological polar surface area (TPSA) is 116 Å². The molecular formula is C26H31N7O3S. The average Bonchev–Trinajstić information content (AvgIpc) is 3.30. The monoisotopic (exact) mass is 521 g/mol. The number of anilines is 1. The second kappa shape index (κ2) is 9.37. The van der Waals surface area contributed by atoms with Gasteiger partial charge in [-0.15, -0.1) is 0 Å². The smallest absolute Gasteiger partial charge is 0.159 e. The van der Waals surface area contributed by atoms with Crippen molar-refractivity contribution in [3.63, 3.8) is 0 Å². The number of aryl methyl sites for hydroxylation is 1. The number of methoxy groups -OCH3 is 1. The summed E-state index contributed by atoms with van der Waals surface area (Å²) < 4.78 is 31.0. The molecule has 0 aromatic carbocycles. The Balaban J connectivity index is 1.59. The molecule has 10 nitrogen and oxygen atoms in total. The van der Waals surface area contributed by atoms with Crippen molar-refractivity contribution >= 4 is 26.6 Å². The molecular weight excluding hydrogens is 490 g/mol. The highest BCUT2D eigenvalue weighted by Gasteiger charge is 2.38. The second-order valence-corrected chi connectivity index (χ2v) is 12.2. The van der Waals surface area contributed by atoms with E-state index in [4.69, 9.17) is 19.7 Å². The lowest BCUT2D eigenvalue weighted by molar-refractivity contribution is 0.337.